The van der Waals surface area contributed by atoms with E-state index in [9.17, 15) is 0 Å². The summed E-state index contributed by atoms with van der Waals surface area (Å²) >= 11 is 2.15. The van der Waals surface area contributed by atoms with E-state index in [2.05, 4.69) is 160 Å². The second kappa shape index (κ2) is 13.5. The van der Waals surface area contributed by atoms with Crippen LogP contribution in [0.2, 0.25) is 0 Å². The zero-order valence-corrected chi connectivity index (χ0v) is 24.2. The molecular formula is C33H36ILi. The van der Waals surface area contributed by atoms with Gasteiger partial charge in [0, 0.05) is 11.3 Å². The number of halogens is 1. The van der Waals surface area contributed by atoms with Gasteiger partial charge in [-0.15, -0.1) is 12.0 Å². The molecule has 3 aromatic carbocycles. The van der Waals surface area contributed by atoms with E-state index in [1.54, 1.807) is 0 Å². The van der Waals surface area contributed by atoms with Crippen LogP contribution in [0.15, 0.2) is 91.0 Å². The first-order valence-electron chi connectivity index (χ1n) is 11.9. The van der Waals surface area contributed by atoms with Crippen LogP contribution < -0.4 is 18.9 Å². The minimum Gasteiger partial charge on any atom is -0.332 e. The number of fused-ring (bicyclic) bond motifs is 3. The van der Waals surface area contributed by atoms with Crippen molar-refractivity contribution in [2.75, 3.05) is 4.93 Å². The molecule has 0 N–H and O–H groups in total. The van der Waals surface area contributed by atoms with Gasteiger partial charge in [0.1, 0.15) is 0 Å². The minimum atomic E-state index is 0. The molecule has 0 heterocycles. The molecule has 0 radical (unpaired) electrons. The van der Waals surface area contributed by atoms with Crippen LogP contribution in [0, 0.1) is 6.92 Å². The van der Waals surface area contributed by atoms with E-state index in [1.807, 2.05) is 4.93 Å². The van der Waals surface area contributed by atoms with Gasteiger partial charge in [0.15, 0.2) is 0 Å². The van der Waals surface area contributed by atoms with Crippen molar-refractivity contribution >= 4 is 40.3 Å². The molecule has 3 aromatic rings. The first-order chi connectivity index (χ1) is 16.4. The molecule has 0 saturated carbocycles. The number of alkyl halides is 1. The Balaban J connectivity index is 0.000000176. The molecule has 0 aromatic heterocycles. The Morgan fingerprint density at radius 3 is 1.97 bits per heavy atom. The fraction of sp³-hybridized carbons (Fsp3) is 0.242. The molecule has 0 nitrogen and oxygen atoms in total. The molecule has 3 aliphatic carbocycles. The van der Waals surface area contributed by atoms with Gasteiger partial charge >= 0.3 is 18.9 Å². The van der Waals surface area contributed by atoms with Crippen molar-refractivity contribution in [1.29, 1.82) is 0 Å². The maximum atomic E-state index is 3.99. The van der Waals surface area contributed by atoms with E-state index in [0.29, 0.717) is 11.8 Å². The van der Waals surface area contributed by atoms with Crippen LogP contribution in [0.5, 0.6) is 0 Å². The molecule has 0 fully saturated rings. The molecule has 0 spiro atoms. The largest absolute Gasteiger partial charge is 1.00 e. The van der Waals surface area contributed by atoms with Crippen LogP contribution in [0.1, 0.15) is 72.9 Å². The molecule has 2 atom stereocenters. The van der Waals surface area contributed by atoms with Crippen molar-refractivity contribution in [2.45, 2.75) is 44.9 Å². The zero-order valence-electron chi connectivity index (χ0n) is 22.1. The summed E-state index contributed by atoms with van der Waals surface area (Å²) in [6.45, 7) is 12.9. The first kappa shape index (κ1) is 29.4. The molecule has 3 aliphatic rings. The summed E-state index contributed by atoms with van der Waals surface area (Å²) in [5.74, 6) is 0.988. The Morgan fingerprint density at radius 1 is 0.771 bits per heavy atom. The SMILES string of the molecule is CC1(C)C=Cc2ccccc21.CC1=CC(C)c2ccccc21.CI.[CH2-]C1C=Cc2ccccc21.[Li+]. The summed E-state index contributed by atoms with van der Waals surface area (Å²) in [5, 5.41) is 0. The predicted molar refractivity (Wildman–Crippen MR) is 161 cm³/mol. The van der Waals surface area contributed by atoms with Gasteiger partial charge in [-0.3, -0.25) is 0 Å². The summed E-state index contributed by atoms with van der Waals surface area (Å²) in [6, 6.07) is 25.6. The monoisotopic (exact) mass is 566 g/mol. The quantitative estimate of drug-likeness (QED) is 0.120. The zero-order chi connectivity index (χ0) is 24.7. The standard InChI is InChI=1S/2C11H12.C10H9.CH3I.Li/c1-11(2)8-7-9-5-3-4-6-10(9)11;1-8-7-9(2)11-6-4-3-5-10(8)11;1-8-6-7-9-4-2-3-5-10(8)9;1-2;/h2*3-8H,1-2H3;2-8H,1H2;1H3;/q;;-1;;+1. The Hall–Kier alpha value is -1.79. The van der Waals surface area contributed by atoms with E-state index in [4.69, 9.17) is 0 Å². The molecular weight excluding hydrogens is 530 g/mol. The van der Waals surface area contributed by atoms with E-state index in [0.717, 1.165) is 0 Å². The average molecular weight is 566 g/mol. The molecule has 0 bridgehead atoms. The molecule has 2 heteroatoms. The number of hydrogen-bond acceptors (Lipinski definition) is 0. The topological polar surface area (TPSA) is 0 Å². The fourth-order valence-corrected chi connectivity index (χ4v) is 4.75. The third-order valence-electron chi connectivity index (χ3n) is 6.61. The number of rotatable bonds is 0. The van der Waals surface area contributed by atoms with E-state index in [1.165, 1.54) is 39.0 Å². The van der Waals surface area contributed by atoms with Gasteiger partial charge in [-0.1, -0.05) is 146 Å². The maximum Gasteiger partial charge on any atom is 1.00 e. The molecule has 0 aliphatic heterocycles. The van der Waals surface area contributed by atoms with Crippen LogP contribution in [0.4, 0.5) is 0 Å². The van der Waals surface area contributed by atoms with Crippen LogP contribution >= 0.6 is 22.6 Å². The van der Waals surface area contributed by atoms with E-state index >= 15 is 0 Å². The van der Waals surface area contributed by atoms with Crippen LogP contribution in [0.3, 0.4) is 0 Å². The van der Waals surface area contributed by atoms with E-state index in [-0.39, 0.29) is 24.3 Å². The smallest absolute Gasteiger partial charge is 0.332 e. The second-order valence-corrected chi connectivity index (χ2v) is 9.46. The van der Waals surface area contributed by atoms with Crippen molar-refractivity contribution in [1.82, 2.24) is 0 Å². The van der Waals surface area contributed by atoms with Gasteiger partial charge in [-0.05, 0) is 45.2 Å². The first-order valence-corrected chi connectivity index (χ1v) is 14.1. The van der Waals surface area contributed by atoms with Crippen molar-refractivity contribution in [2.24, 2.45) is 0 Å². The summed E-state index contributed by atoms with van der Waals surface area (Å²) in [5.41, 5.74) is 10.1. The Kier molecular flexibility index (Phi) is 11.4. The average Bonchev–Trinajstić information content (AvgIpc) is 3.50. The fourth-order valence-electron chi connectivity index (χ4n) is 4.75. The predicted octanol–water partition coefficient (Wildman–Crippen LogP) is 6.88. The molecule has 35 heavy (non-hydrogen) atoms. The van der Waals surface area contributed by atoms with Gasteiger partial charge in [-0.25, -0.2) is 0 Å². The minimum absolute atomic E-state index is 0. The van der Waals surface area contributed by atoms with Crippen LogP contribution in [-0.2, 0) is 5.41 Å². The van der Waals surface area contributed by atoms with Gasteiger partial charge in [0.05, 0.1) is 0 Å². The van der Waals surface area contributed by atoms with Crippen molar-refractivity contribution < 1.29 is 18.9 Å². The normalized spacial score (nSPS) is 18.7. The van der Waals surface area contributed by atoms with E-state index < -0.39 is 0 Å². The maximum absolute atomic E-state index is 3.99. The summed E-state index contributed by atoms with van der Waals surface area (Å²) in [4.78, 5) is 1.97. The third-order valence-corrected chi connectivity index (χ3v) is 6.61. The Labute approximate surface area is 239 Å². The van der Waals surface area contributed by atoms with Crippen molar-refractivity contribution in [3.05, 3.63) is 131 Å². The van der Waals surface area contributed by atoms with Gasteiger partial charge in [-0.2, -0.15) is 0 Å². The van der Waals surface area contributed by atoms with Gasteiger partial charge in [0.25, 0.3) is 0 Å². The molecule has 0 saturated heterocycles. The van der Waals surface area contributed by atoms with Crippen molar-refractivity contribution in [3.8, 4) is 0 Å². The Bertz CT molecular complexity index is 1200. The number of hydrogen-bond donors (Lipinski definition) is 0. The summed E-state index contributed by atoms with van der Waals surface area (Å²) in [6.07, 6.45) is 11.1. The summed E-state index contributed by atoms with van der Waals surface area (Å²) in [7, 11) is 0. The second-order valence-electron chi connectivity index (χ2n) is 9.46. The number of allylic oxidation sites excluding steroid dienone is 4. The molecule has 2 unspecified atom stereocenters. The molecule has 6 rings (SSSR count). The third kappa shape index (κ3) is 7.13. The molecule has 176 valence electrons. The van der Waals surface area contributed by atoms with Crippen LogP contribution in [0.25, 0.3) is 17.7 Å². The van der Waals surface area contributed by atoms with Crippen molar-refractivity contribution in [3.63, 3.8) is 0 Å². The van der Waals surface area contributed by atoms with Crippen LogP contribution in [-0.4, -0.2) is 4.93 Å². The number of benzene rings is 3. The summed E-state index contributed by atoms with van der Waals surface area (Å²) < 4.78 is 0. The Morgan fingerprint density at radius 2 is 1.34 bits per heavy atom. The molecule has 0 amide bonds. The van der Waals surface area contributed by atoms with Gasteiger partial charge in [0.2, 0.25) is 0 Å². The van der Waals surface area contributed by atoms with Gasteiger partial charge < -0.3 is 6.92 Å².